The van der Waals surface area contributed by atoms with E-state index in [-0.39, 0.29) is 0 Å². The monoisotopic (exact) mass is 285 g/mol. The van der Waals surface area contributed by atoms with E-state index in [1.54, 1.807) is 0 Å². The van der Waals surface area contributed by atoms with Crippen LogP contribution in [0.15, 0.2) is 28.9 Å². The molecule has 0 aliphatic heterocycles. The first-order chi connectivity index (χ1) is 10.2. The van der Waals surface area contributed by atoms with Gasteiger partial charge in [0.15, 0.2) is 0 Å². The van der Waals surface area contributed by atoms with Crippen LogP contribution in [0.25, 0.3) is 0 Å². The third-order valence-electron chi connectivity index (χ3n) is 4.85. The standard InChI is InChI=1S/C17H23N3O/c1-12-9-15(12)16-6-5-14(21-16)10-20(13-3-4-13)11-17-18-7-8-19(17)2/h5-8,12-13,15H,3-4,9-11H2,1-2H3/t12-,15+/m0/s1. The van der Waals surface area contributed by atoms with Gasteiger partial charge < -0.3 is 8.98 Å². The minimum atomic E-state index is 0.669. The summed E-state index contributed by atoms with van der Waals surface area (Å²) < 4.78 is 8.17. The average molecular weight is 285 g/mol. The van der Waals surface area contributed by atoms with Crippen LogP contribution < -0.4 is 0 Å². The highest BCUT2D eigenvalue weighted by atomic mass is 16.3. The summed E-state index contributed by atoms with van der Waals surface area (Å²) in [5.74, 6) is 4.89. The fourth-order valence-corrected chi connectivity index (χ4v) is 3.08. The Hall–Kier alpha value is -1.55. The first kappa shape index (κ1) is 13.1. The predicted octanol–water partition coefficient (Wildman–Crippen LogP) is 3.30. The normalized spacial score (nSPS) is 24.7. The summed E-state index contributed by atoms with van der Waals surface area (Å²) in [7, 11) is 2.06. The molecule has 0 amide bonds. The van der Waals surface area contributed by atoms with E-state index in [4.69, 9.17) is 4.42 Å². The molecule has 4 heteroatoms. The summed E-state index contributed by atoms with van der Waals surface area (Å²) in [6, 6.07) is 5.04. The summed E-state index contributed by atoms with van der Waals surface area (Å²) in [6.45, 7) is 4.10. The lowest BCUT2D eigenvalue weighted by molar-refractivity contribution is 0.216. The van der Waals surface area contributed by atoms with E-state index in [2.05, 4.69) is 40.6 Å². The Bertz CT molecular complexity index is 626. The smallest absolute Gasteiger partial charge is 0.122 e. The van der Waals surface area contributed by atoms with Crippen LogP contribution in [0.5, 0.6) is 0 Å². The van der Waals surface area contributed by atoms with Gasteiger partial charge in [0.05, 0.1) is 13.1 Å². The molecule has 4 rings (SSSR count). The van der Waals surface area contributed by atoms with Crippen LogP contribution in [-0.2, 0) is 20.1 Å². The average Bonchev–Trinajstić information content (AvgIpc) is 3.35. The molecule has 2 aromatic heterocycles. The fraction of sp³-hybridized carbons (Fsp3) is 0.588. The van der Waals surface area contributed by atoms with Crippen molar-refractivity contribution in [3.05, 3.63) is 41.9 Å². The molecule has 0 aromatic carbocycles. The highest BCUT2D eigenvalue weighted by molar-refractivity contribution is 5.17. The van der Waals surface area contributed by atoms with E-state index in [0.29, 0.717) is 12.0 Å². The molecule has 2 aromatic rings. The quantitative estimate of drug-likeness (QED) is 0.816. The second-order valence-electron chi connectivity index (χ2n) is 6.71. The predicted molar refractivity (Wildman–Crippen MR) is 80.7 cm³/mol. The van der Waals surface area contributed by atoms with E-state index in [1.807, 2.05) is 12.4 Å². The van der Waals surface area contributed by atoms with E-state index in [1.165, 1.54) is 25.0 Å². The lowest BCUT2D eigenvalue weighted by Crippen LogP contribution is -2.26. The van der Waals surface area contributed by atoms with Crippen molar-refractivity contribution in [3.8, 4) is 0 Å². The highest BCUT2D eigenvalue weighted by Crippen LogP contribution is 2.47. The molecule has 0 N–H and O–H groups in total. The number of hydrogen-bond donors (Lipinski definition) is 0. The van der Waals surface area contributed by atoms with Crippen molar-refractivity contribution >= 4 is 0 Å². The number of aryl methyl sites for hydroxylation is 1. The van der Waals surface area contributed by atoms with Crippen LogP contribution >= 0.6 is 0 Å². The molecule has 21 heavy (non-hydrogen) atoms. The van der Waals surface area contributed by atoms with E-state index >= 15 is 0 Å². The first-order valence-corrected chi connectivity index (χ1v) is 7.99. The maximum atomic E-state index is 6.07. The molecule has 2 aliphatic carbocycles. The van der Waals surface area contributed by atoms with Gasteiger partial charge in [0, 0.05) is 31.4 Å². The zero-order chi connectivity index (χ0) is 14.4. The van der Waals surface area contributed by atoms with Crippen LogP contribution in [0.1, 0.15) is 49.4 Å². The number of hydrogen-bond acceptors (Lipinski definition) is 3. The maximum Gasteiger partial charge on any atom is 0.122 e. The molecule has 2 saturated carbocycles. The summed E-state index contributed by atoms with van der Waals surface area (Å²) in [6.07, 6.45) is 7.78. The topological polar surface area (TPSA) is 34.2 Å². The molecule has 0 unspecified atom stereocenters. The van der Waals surface area contributed by atoms with E-state index in [0.717, 1.165) is 30.6 Å². The maximum absolute atomic E-state index is 6.07. The molecule has 2 aliphatic rings. The third-order valence-corrected chi connectivity index (χ3v) is 4.85. The van der Waals surface area contributed by atoms with Gasteiger partial charge in [-0.15, -0.1) is 0 Å². The molecule has 4 nitrogen and oxygen atoms in total. The Morgan fingerprint density at radius 2 is 2.14 bits per heavy atom. The van der Waals surface area contributed by atoms with Crippen LogP contribution in [-0.4, -0.2) is 20.5 Å². The largest absolute Gasteiger partial charge is 0.464 e. The molecule has 112 valence electrons. The van der Waals surface area contributed by atoms with Crippen LogP contribution in [0.2, 0.25) is 0 Å². The summed E-state index contributed by atoms with van der Waals surface area (Å²) >= 11 is 0. The molecule has 0 saturated heterocycles. The Labute approximate surface area is 125 Å². The van der Waals surface area contributed by atoms with E-state index < -0.39 is 0 Å². The summed E-state index contributed by atoms with van der Waals surface area (Å²) in [5, 5.41) is 0. The second kappa shape index (κ2) is 5.02. The van der Waals surface area contributed by atoms with Crippen molar-refractivity contribution < 1.29 is 4.42 Å². The van der Waals surface area contributed by atoms with Gasteiger partial charge in [0.2, 0.25) is 0 Å². The Kier molecular flexibility index (Phi) is 3.14. The first-order valence-electron chi connectivity index (χ1n) is 7.99. The lowest BCUT2D eigenvalue weighted by atomic mass is 10.3. The van der Waals surface area contributed by atoms with Crippen LogP contribution in [0, 0.1) is 5.92 Å². The van der Waals surface area contributed by atoms with Crippen molar-refractivity contribution in [1.29, 1.82) is 0 Å². The Balaban J connectivity index is 1.45. The Morgan fingerprint density at radius 1 is 1.33 bits per heavy atom. The second-order valence-corrected chi connectivity index (χ2v) is 6.71. The van der Waals surface area contributed by atoms with Gasteiger partial charge in [-0.1, -0.05) is 6.92 Å². The van der Waals surface area contributed by atoms with Gasteiger partial charge in [-0.05, 0) is 37.3 Å². The third kappa shape index (κ3) is 2.77. The molecule has 2 heterocycles. The minimum absolute atomic E-state index is 0.669. The van der Waals surface area contributed by atoms with Crippen LogP contribution in [0.4, 0.5) is 0 Å². The van der Waals surface area contributed by atoms with Gasteiger partial charge in [-0.25, -0.2) is 4.98 Å². The number of furan rings is 1. The van der Waals surface area contributed by atoms with Gasteiger partial charge in [0.25, 0.3) is 0 Å². The molecule has 0 bridgehead atoms. The minimum Gasteiger partial charge on any atom is -0.464 e. The van der Waals surface area contributed by atoms with Gasteiger partial charge >= 0.3 is 0 Å². The summed E-state index contributed by atoms with van der Waals surface area (Å²) in [4.78, 5) is 6.95. The lowest BCUT2D eigenvalue weighted by Gasteiger charge is -2.20. The van der Waals surface area contributed by atoms with E-state index in [9.17, 15) is 0 Å². The van der Waals surface area contributed by atoms with Gasteiger partial charge in [0.1, 0.15) is 17.3 Å². The zero-order valence-electron chi connectivity index (χ0n) is 12.8. The molecule has 2 fully saturated rings. The SMILES string of the molecule is C[C@H]1C[C@H]1c1ccc(CN(Cc2nccn2C)C2CC2)o1. The number of nitrogens with zero attached hydrogens (tertiary/aromatic N) is 3. The molecule has 2 atom stereocenters. The molecule has 0 radical (unpaired) electrons. The van der Waals surface area contributed by atoms with Crippen LogP contribution in [0.3, 0.4) is 0 Å². The number of rotatable bonds is 6. The van der Waals surface area contributed by atoms with Crippen molar-refractivity contribution in [2.45, 2.75) is 51.2 Å². The van der Waals surface area contributed by atoms with Gasteiger partial charge in [-0.3, -0.25) is 4.90 Å². The van der Waals surface area contributed by atoms with Crippen molar-refractivity contribution in [1.82, 2.24) is 14.5 Å². The summed E-state index contributed by atoms with van der Waals surface area (Å²) in [5.41, 5.74) is 0. The Morgan fingerprint density at radius 3 is 2.76 bits per heavy atom. The zero-order valence-corrected chi connectivity index (χ0v) is 12.8. The number of imidazole rings is 1. The highest BCUT2D eigenvalue weighted by Gasteiger charge is 2.37. The van der Waals surface area contributed by atoms with Gasteiger partial charge in [-0.2, -0.15) is 0 Å². The van der Waals surface area contributed by atoms with Crippen molar-refractivity contribution in [2.75, 3.05) is 0 Å². The van der Waals surface area contributed by atoms with Crippen molar-refractivity contribution in [3.63, 3.8) is 0 Å². The fourth-order valence-electron chi connectivity index (χ4n) is 3.08. The molecular formula is C17H23N3O. The van der Waals surface area contributed by atoms with Crippen molar-refractivity contribution in [2.24, 2.45) is 13.0 Å². The molecule has 0 spiro atoms. The number of aromatic nitrogens is 2. The molecular weight excluding hydrogens is 262 g/mol.